The van der Waals surface area contributed by atoms with E-state index in [1.165, 1.54) is 18.4 Å². The molecule has 0 spiro atoms. The summed E-state index contributed by atoms with van der Waals surface area (Å²) in [7, 11) is 1.27. The maximum Gasteiger partial charge on any atom is 0.334 e. The van der Waals surface area contributed by atoms with Gasteiger partial charge in [0.1, 0.15) is 0 Å². The third-order valence-electron chi connectivity index (χ3n) is 2.26. The van der Waals surface area contributed by atoms with E-state index in [4.69, 9.17) is 5.11 Å². The summed E-state index contributed by atoms with van der Waals surface area (Å²) in [6.07, 6.45) is -1.06. The molecule has 0 saturated carbocycles. The van der Waals surface area contributed by atoms with Crippen LogP contribution in [0, 0.1) is 13.8 Å². The number of aryl methyl sites for hydroxylation is 2. The molecule has 0 fully saturated rings. The number of urea groups is 1. The summed E-state index contributed by atoms with van der Waals surface area (Å²) in [6, 6.07) is -0.507. The van der Waals surface area contributed by atoms with Crippen molar-refractivity contribution in [2.45, 2.75) is 20.0 Å². The first kappa shape index (κ1) is 14.4. The maximum atomic E-state index is 11.5. The molecule has 8 heteroatoms. The Morgan fingerprint density at radius 1 is 1.50 bits per heavy atom. The van der Waals surface area contributed by atoms with Gasteiger partial charge in [0.15, 0.2) is 11.2 Å². The molecule has 100 valence electrons. The second-order valence-corrected chi connectivity index (χ2v) is 4.76. The van der Waals surface area contributed by atoms with Crippen LogP contribution in [0.5, 0.6) is 0 Å². The molecule has 3 N–H and O–H groups in total. The molecular weight excluding hydrogens is 258 g/mol. The van der Waals surface area contributed by atoms with E-state index in [0.29, 0.717) is 5.13 Å². The van der Waals surface area contributed by atoms with Crippen LogP contribution in [-0.4, -0.2) is 41.8 Å². The van der Waals surface area contributed by atoms with E-state index in [-0.39, 0.29) is 6.54 Å². The lowest BCUT2D eigenvalue weighted by Gasteiger charge is -2.11. The number of rotatable bonds is 5. The lowest BCUT2D eigenvalue weighted by molar-refractivity contribution is -0.147. The summed E-state index contributed by atoms with van der Waals surface area (Å²) < 4.78 is 4.68. The Morgan fingerprint density at radius 3 is 2.61 bits per heavy atom. The molecule has 1 aromatic rings. The number of amides is 2. The number of nitrogens with one attached hydrogen (secondary N) is 2. The molecule has 18 heavy (non-hydrogen) atoms. The molecule has 1 atom stereocenters. The minimum absolute atomic E-state index is 0.110. The van der Waals surface area contributed by atoms with E-state index in [9.17, 15) is 9.59 Å². The minimum atomic E-state index is -1.13. The van der Waals surface area contributed by atoms with Crippen molar-refractivity contribution in [3.8, 4) is 0 Å². The smallest absolute Gasteiger partial charge is 0.334 e. The number of anilines is 1. The van der Waals surface area contributed by atoms with Gasteiger partial charge in [0, 0.05) is 12.0 Å². The normalized spacial score (nSPS) is 11.9. The van der Waals surface area contributed by atoms with Gasteiger partial charge in [-0.25, -0.2) is 14.6 Å². The monoisotopic (exact) mass is 273 g/mol. The van der Waals surface area contributed by atoms with Gasteiger partial charge >= 0.3 is 12.0 Å². The SMILES string of the molecule is COC(CNC(=O)Nc1nc(C)c(C)s1)C(=O)O. The molecule has 1 heterocycles. The molecule has 1 aromatic heterocycles. The highest BCUT2D eigenvalue weighted by Crippen LogP contribution is 2.20. The van der Waals surface area contributed by atoms with Crippen LogP contribution in [0.1, 0.15) is 10.6 Å². The van der Waals surface area contributed by atoms with E-state index in [0.717, 1.165) is 10.6 Å². The van der Waals surface area contributed by atoms with E-state index in [1.54, 1.807) is 0 Å². The Kier molecular flexibility index (Phi) is 5.05. The Bertz CT molecular complexity index is 427. The van der Waals surface area contributed by atoms with E-state index < -0.39 is 18.1 Å². The fourth-order valence-electron chi connectivity index (χ4n) is 1.12. The van der Waals surface area contributed by atoms with Gasteiger partial charge in [-0.1, -0.05) is 0 Å². The van der Waals surface area contributed by atoms with Crippen molar-refractivity contribution < 1.29 is 19.4 Å². The number of thiazole rings is 1. The average Bonchev–Trinajstić information content (AvgIpc) is 2.58. The van der Waals surface area contributed by atoms with Crippen LogP contribution >= 0.6 is 11.3 Å². The fourth-order valence-corrected chi connectivity index (χ4v) is 1.93. The summed E-state index contributed by atoms with van der Waals surface area (Å²) in [6.45, 7) is 3.64. The van der Waals surface area contributed by atoms with Crippen molar-refractivity contribution >= 4 is 28.5 Å². The second kappa shape index (κ2) is 6.31. The van der Waals surface area contributed by atoms with Gasteiger partial charge in [0.05, 0.1) is 12.2 Å². The van der Waals surface area contributed by atoms with Crippen molar-refractivity contribution in [3.05, 3.63) is 10.6 Å². The molecule has 0 aliphatic rings. The van der Waals surface area contributed by atoms with Gasteiger partial charge < -0.3 is 15.2 Å². The number of hydrogen-bond donors (Lipinski definition) is 3. The first-order valence-electron chi connectivity index (χ1n) is 5.18. The lowest BCUT2D eigenvalue weighted by atomic mass is 10.3. The Morgan fingerprint density at radius 2 is 2.17 bits per heavy atom. The highest BCUT2D eigenvalue weighted by Gasteiger charge is 2.17. The van der Waals surface area contributed by atoms with Crippen molar-refractivity contribution in [2.75, 3.05) is 19.0 Å². The van der Waals surface area contributed by atoms with Crippen molar-refractivity contribution in [3.63, 3.8) is 0 Å². The largest absolute Gasteiger partial charge is 0.479 e. The van der Waals surface area contributed by atoms with Crippen LogP contribution < -0.4 is 10.6 Å². The number of hydrogen-bond acceptors (Lipinski definition) is 5. The zero-order valence-electron chi connectivity index (χ0n) is 10.3. The van der Waals surface area contributed by atoms with Crippen molar-refractivity contribution in [2.24, 2.45) is 0 Å². The third-order valence-corrected chi connectivity index (χ3v) is 3.25. The summed E-state index contributed by atoms with van der Waals surface area (Å²) in [5.41, 5.74) is 0.857. The number of carbonyl (C=O) groups excluding carboxylic acids is 1. The average molecular weight is 273 g/mol. The van der Waals surface area contributed by atoms with Crippen LogP contribution in [0.25, 0.3) is 0 Å². The zero-order chi connectivity index (χ0) is 13.7. The molecule has 0 radical (unpaired) electrons. The molecule has 0 aromatic carbocycles. The fraction of sp³-hybridized carbons (Fsp3) is 0.500. The van der Waals surface area contributed by atoms with Crippen LogP contribution in [0.3, 0.4) is 0 Å². The minimum Gasteiger partial charge on any atom is -0.479 e. The molecular formula is C10H15N3O4S. The Labute approximate surface area is 108 Å². The predicted octanol–water partition coefficient (Wildman–Crippen LogP) is 0.981. The first-order chi connectivity index (χ1) is 8.43. The van der Waals surface area contributed by atoms with Crippen LogP contribution in [0.15, 0.2) is 0 Å². The van der Waals surface area contributed by atoms with Gasteiger partial charge in [-0.15, -0.1) is 11.3 Å². The molecule has 2 amide bonds. The topological polar surface area (TPSA) is 101 Å². The number of carboxylic acids is 1. The first-order valence-corrected chi connectivity index (χ1v) is 6.00. The second-order valence-electron chi connectivity index (χ2n) is 3.56. The van der Waals surface area contributed by atoms with Gasteiger partial charge in [-0.05, 0) is 13.8 Å². The summed E-state index contributed by atoms with van der Waals surface area (Å²) in [5.74, 6) is -1.13. The summed E-state index contributed by atoms with van der Waals surface area (Å²) in [5, 5.41) is 14.1. The predicted molar refractivity (Wildman–Crippen MR) is 67.0 cm³/mol. The number of methoxy groups -OCH3 is 1. The van der Waals surface area contributed by atoms with E-state index in [1.807, 2.05) is 13.8 Å². The molecule has 0 aliphatic heterocycles. The van der Waals surface area contributed by atoms with Gasteiger partial charge in [-0.2, -0.15) is 0 Å². The maximum absolute atomic E-state index is 11.5. The Hall–Kier alpha value is -1.67. The van der Waals surface area contributed by atoms with Crippen LogP contribution in [0.4, 0.5) is 9.93 Å². The molecule has 0 saturated heterocycles. The molecule has 0 bridgehead atoms. The third kappa shape index (κ3) is 3.97. The molecule has 7 nitrogen and oxygen atoms in total. The van der Waals surface area contributed by atoms with Crippen LogP contribution in [-0.2, 0) is 9.53 Å². The molecule has 1 rings (SSSR count). The number of nitrogens with zero attached hydrogens (tertiary/aromatic N) is 1. The van der Waals surface area contributed by atoms with Gasteiger partial charge in [0.25, 0.3) is 0 Å². The number of ether oxygens (including phenoxy) is 1. The number of carboxylic acid groups (broad SMARTS) is 1. The van der Waals surface area contributed by atoms with Gasteiger partial charge in [0.2, 0.25) is 0 Å². The summed E-state index contributed by atoms with van der Waals surface area (Å²) >= 11 is 1.36. The number of carbonyl (C=O) groups is 2. The van der Waals surface area contributed by atoms with Crippen molar-refractivity contribution in [1.29, 1.82) is 0 Å². The van der Waals surface area contributed by atoms with E-state index >= 15 is 0 Å². The van der Waals surface area contributed by atoms with Crippen molar-refractivity contribution in [1.82, 2.24) is 10.3 Å². The molecule has 1 unspecified atom stereocenters. The quantitative estimate of drug-likeness (QED) is 0.742. The summed E-state index contributed by atoms with van der Waals surface area (Å²) in [4.78, 5) is 27.3. The highest BCUT2D eigenvalue weighted by atomic mass is 32.1. The zero-order valence-corrected chi connectivity index (χ0v) is 11.1. The van der Waals surface area contributed by atoms with Gasteiger partial charge in [-0.3, -0.25) is 5.32 Å². The van der Waals surface area contributed by atoms with E-state index in [2.05, 4.69) is 20.4 Å². The number of aromatic nitrogens is 1. The lowest BCUT2D eigenvalue weighted by Crippen LogP contribution is -2.39. The van der Waals surface area contributed by atoms with Crippen LogP contribution in [0.2, 0.25) is 0 Å². The standard InChI is InChI=1S/C10H15N3O4S/c1-5-6(2)18-10(12-5)13-9(16)11-4-7(17-3)8(14)15/h7H,4H2,1-3H3,(H,14,15)(H2,11,12,13,16). The highest BCUT2D eigenvalue weighted by molar-refractivity contribution is 7.15. The molecule has 0 aliphatic carbocycles. The number of aliphatic carboxylic acids is 1. The Balaban J connectivity index is 2.44.